The van der Waals surface area contributed by atoms with Gasteiger partial charge in [0.1, 0.15) is 11.5 Å². The second-order valence-electron chi connectivity index (χ2n) is 11.8. The van der Waals surface area contributed by atoms with Crippen LogP contribution in [0.4, 0.5) is 0 Å². The van der Waals surface area contributed by atoms with E-state index in [1.807, 2.05) is 52.0 Å². The third-order valence-corrected chi connectivity index (χ3v) is 9.70. The fraction of sp³-hybridized carbons (Fsp3) is 0.438. The van der Waals surface area contributed by atoms with Gasteiger partial charge in [0.05, 0.1) is 37.8 Å². The summed E-state index contributed by atoms with van der Waals surface area (Å²) in [6, 6.07) is 17.1. The van der Waals surface area contributed by atoms with E-state index in [0.717, 1.165) is 11.1 Å². The third-order valence-electron chi connectivity index (χ3n) is 7.25. The van der Waals surface area contributed by atoms with Crippen LogP contribution in [0, 0.1) is 0 Å². The highest BCUT2D eigenvalue weighted by Crippen LogP contribution is 2.27. The van der Waals surface area contributed by atoms with Gasteiger partial charge < -0.3 is 19.7 Å². The minimum atomic E-state index is -3.97. The molecule has 0 saturated carbocycles. The Kier molecular flexibility index (Phi) is 12.9. The molecule has 0 aliphatic carbocycles. The third kappa shape index (κ3) is 9.64. The van der Waals surface area contributed by atoms with Crippen molar-refractivity contribution in [3.63, 3.8) is 0 Å². The first-order valence-corrected chi connectivity index (χ1v) is 18.2. The predicted molar refractivity (Wildman–Crippen MR) is 180 cm³/mol. The summed E-state index contributed by atoms with van der Waals surface area (Å²) >= 11 is 0. The average Bonchev–Trinajstić information content (AvgIpc) is 3.69. The molecule has 14 nitrogen and oxygen atoms in total. The summed E-state index contributed by atoms with van der Waals surface area (Å²) in [4.78, 5) is 0. The Morgan fingerprint density at radius 2 is 1.04 bits per heavy atom. The molecule has 0 saturated heterocycles. The number of nitrogens with two attached hydrogens (primary N) is 1. The Labute approximate surface area is 282 Å². The van der Waals surface area contributed by atoms with Crippen molar-refractivity contribution in [1.29, 1.82) is 0 Å². The maximum atomic E-state index is 13.7. The zero-order valence-electron chi connectivity index (χ0n) is 28.5. The number of benzene rings is 2. The Morgan fingerprint density at radius 1 is 0.688 bits per heavy atom. The molecule has 0 fully saturated rings. The van der Waals surface area contributed by atoms with Crippen LogP contribution in [0.1, 0.15) is 88.3 Å². The molecule has 4 aromatic rings. The zero-order valence-corrected chi connectivity index (χ0v) is 30.1. The number of sulfonamides is 2. The normalized spacial score (nSPS) is 13.4. The summed E-state index contributed by atoms with van der Waals surface area (Å²) in [7, 11) is -4.62. The van der Waals surface area contributed by atoms with E-state index in [-0.39, 0.29) is 35.2 Å². The number of rotatable bonds is 13. The molecule has 0 radical (unpaired) electrons. The van der Waals surface area contributed by atoms with Crippen molar-refractivity contribution in [1.82, 2.24) is 23.9 Å². The molecule has 0 aliphatic rings. The van der Waals surface area contributed by atoms with Crippen LogP contribution < -0.4 is 14.6 Å². The molecule has 2 unspecified atom stereocenters. The molecular formula is C32H46N6O8S2. The summed E-state index contributed by atoms with van der Waals surface area (Å²) in [6.07, 6.45) is -1.63. The first-order valence-electron chi connectivity index (χ1n) is 15.2. The summed E-state index contributed by atoms with van der Waals surface area (Å²) in [5, 5.41) is 32.4. The lowest BCUT2D eigenvalue weighted by Gasteiger charge is -2.22. The van der Waals surface area contributed by atoms with Crippen molar-refractivity contribution in [2.24, 2.45) is 5.14 Å². The SMILES string of the molecule is CC(O)c1cc(S(N)(=O)=O)nn1C(C)C.COc1ccc(CN(Cc2ccc(OC)cc2)S(=O)(=O)c2cc(C(C)O)n(C(C)C)n2)cc1. The van der Waals surface area contributed by atoms with E-state index in [1.54, 1.807) is 57.0 Å². The zero-order chi connectivity index (χ0) is 36.0. The van der Waals surface area contributed by atoms with Gasteiger partial charge in [0.15, 0.2) is 10.1 Å². The summed E-state index contributed by atoms with van der Waals surface area (Å²) < 4.78 is 64.4. The largest absolute Gasteiger partial charge is 0.497 e. The van der Waals surface area contributed by atoms with E-state index in [9.17, 15) is 27.0 Å². The van der Waals surface area contributed by atoms with Crippen LogP contribution in [0.15, 0.2) is 70.7 Å². The molecule has 2 atom stereocenters. The van der Waals surface area contributed by atoms with E-state index >= 15 is 0 Å². The number of hydrogen-bond donors (Lipinski definition) is 3. The fourth-order valence-electron chi connectivity index (χ4n) is 4.71. The van der Waals surface area contributed by atoms with Crippen molar-refractivity contribution in [2.45, 2.75) is 89.0 Å². The Hall–Kier alpha value is -3.80. The molecule has 4 rings (SSSR count). The van der Waals surface area contributed by atoms with Crippen molar-refractivity contribution in [2.75, 3.05) is 14.2 Å². The van der Waals surface area contributed by atoms with Gasteiger partial charge in [-0.3, -0.25) is 9.36 Å². The number of aliphatic hydroxyl groups is 2. The molecule has 264 valence electrons. The monoisotopic (exact) mass is 706 g/mol. The van der Waals surface area contributed by atoms with E-state index in [1.165, 1.54) is 21.1 Å². The number of nitrogens with zero attached hydrogens (tertiary/aromatic N) is 5. The lowest BCUT2D eigenvalue weighted by molar-refractivity contribution is 0.184. The number of methoxy groups -OCH3 is 2. The molecule has 48 heavy (non-hydrogen) atoms. The van der Waals surface area contributed by atoms with E-state index < -0.39 is 32.3 Å². The summed E-state index contributed by atoms with van der Waals surface area (Å²) in [6.45, 7) is 10.9. The lowest BCUT2D eigenvalue weighted by atomic mass is 10.2. The topological polar surface area (TPSA) is 192 Å². The quantitative estimate of drug-likeness (QED) is 0.182. The molecule has 0 bridgehead atoms. The van der Waals surface area contributed by atoms with Crippen LogP contribution in [-0.4, -0.2) is 65.1 Å². The van der Waals surface area contributed by atoms with E-state index in [0.29, 0.717) is 22.9 Å². The number of ether oxygens (including phenoxy) is 2. The molecule has 4 N–H and O–H groups in total. The summed E-state index contributed by atoms with van der Waals surface area (Å²) in [5.41, 5.74) is 2.52. The van der Waals surface area contributed by atoms with Crippen molar-refractivity contribution >= 4 is 20.0 Å². The van der Waals surface area contributed by atoms with Gasteiger partial charge in [-0.2, -0.15) is 14.5 Å². The van der Waals surface area contributed by atoms with Crippen LogP contribution in [0.25, 0.3) is 0 Å². The first kappa shape index (κ1) is 38.6. The average molecular weight is 707 g/mol. The first-order chi connectivity index (χ1) is 22.4. The van der Waals surface area contributed by atoms with Gasteiger partial charge in [-0.05, 0) is 76.9 Å². The second-order valence-corrected chi connectivity index (χ2v) is 15.2. The van der Waals surface area contributed by atoms with Crippen molar-refractivity contribution in [3.8, 4) is 11.5 Å². The molecular weight excluding hydrogens is 661 g/mol. The standard InChI is InChI=1S/C24H31N3O5S.C8H15N3O3S/c1-17(2)27-23(18(3)28)14-24(25-27)33(29,30)26(15-19-6-10-21(31-4)11-7-19)16-20-8-12-22(32-5)13-9-20;1-5(2)11-7(6(3)12)4-8(10-11)15(9,13)14/h6-14,17-18,28H,15-16H2,1-5H3;4-6,12H,1-3H3,(H2,9,13,14). The highest BCUT2D eigenvalue weighted by Gasteiger charge is 2.30. The highest BCUT2D eigenvalue weighted by atomic mass is 32.2. The molecule has 0 spiro atoms. The molecule has 16 heteroatoms. The Balaban J connectivity index is 0.000000348. The number of aromatic nitrogens is 4. The maximum absolute atomic E-state index is 13.7. The molecule has 0 amide bonds. The van der Waals surface area contributed by atoms with Gasteiger partial charge in [0.25, 0.3) is 20.0 Å². The summed E-state index contributed by atoms with van der Waals surface area (Å²) in [5.74, 6) is 1.39. The number of aliphatic hydroxyl groups excluding tert-OH is 2. The van der Waals surface area contributed by atoms with Crippen LogP contribution >= 0.6 is 0 Å². The van der Waals surface area contributed by atoms with Crippen molar-refractivity contribution < 1.29 is 36.5 Å². The van der Waals surface area contributed by atoms with Crippen molar-refractivity contribution in [3.05, 3.63) is 83.2 Å². The van der Waals surface area contributed by atoms with E-state index in [4.69, 9.17) is 14.6 Å². The number of primary sulfonamides is 1. The Bertz CT molecular complexity index is 1750. The number of hydrogen-bond acceptors (Lipinski definition) is 10. The Morgan fingerprint density at radius 3 is 1.33 bits per heavy atom. The molecule has 2 aromatic heterocycles. The van der Waals surface area contributed by atoms with Gasteiger partial charge in [-0.25, -0.2) is 22.0 Å². The smallest absolute Gasteiger partial charge is 0.263 e. The maximum Gasteiger partial charge on any atom is 0.263 e. The van der Waals surface area contributed by atoms with Gasteiger partial charge in [-0.1, -0.05) is 24.3 Å². The second kappa shape index (κ2) is 16.1. The van der Waals surface area contributed by atoms with Crippen LogP contribution in [-0.2, 0) is 33.1 Å². The van der Waals surface area contributed by atoms with E-state index in [2.05, 4.69) is 10.2 Å². The minimum absolute atomic E-state index is 0.0369. The van der Waals surface area contributed by atoms with Gasteiger partial charge in [-0.15, -0.1) is 0 Å². The van der Waals surface area contributed by atoms with Crippen LogP contribution in [0.5, 0.6) is 11.5 Å². The van der Waals surface area contributed by atoms with Crippen LogP contribution in [0.3, 0.4) is 0 Å². The lowest BCUT2D eigenvalue weighted by Crippen LogP contribution is -2.30. The van der Waals surface area contributed by atoms with Gasteiger partial charge in [0.2, 0.25) is 0 Å². The fourth-order valence-corrected chi connectivity index (χ4v) is 6.56. The van der Waals surface area contributed by atoms with Crippen LogP contribution in [0.2, 0.25) is 0 Å². The predicted octanol–water partition coefficient (Wildman–Crippen LogP) is 4.09. The minimum Gasteiger partial charge on any atom is -0.497 e. The van der Waals surface area contributed by atoms with Gasteiger partial charge >= 0.3 is 0 Å². The molecule has 2 heterocycles. The molecule has 2 aromatic carbocycles. The molecule has 0 aliphatic heterocycles. The van der Waals surface area contributed by atoms with Gasteiger partial charge in [0, 0.05) is 37.3 Å². The highest BCUT2D eigenvalue weighted by molar-refractivity contribution is 7.89.